The van der Waals surface area contributed by atoms with E-state index in [2.05, 4.69) is 29.8 Å². The Morgan fingerprint density at radius 3 is 2.65 bits per heavy atom. The molecule has 0 heterocycles. The normalized spacial score (nSPS) is 23.8. The number of carbonyl (C=O) groups is 2. The van der Waals surface area contributed by atoms with Crippen LogP contribution in [-0.2, 0) is 9.59 Å². The standard InChI is InChI=1S/C11H19N3O2S/c1-7-3-2-4-8(5-7)14-11(16)10(15)13-6-9(12)17/h7-8H,2-6H2,1H3,(H2,12,17)(H,13,15)(H,14,16). The van der Waals surface area contributed by atoms with Crippen LogP contribution in [0.25, 0.3) is 0 Å². The zero-order valence-corrected chi connectivity index (χ0v) is 10.8. The van der Waals surface area contributed by atoms with Crippen molar-refractivity contribution in [3.05, 3.63) is 0 Å². The first-order valence-corrected chi connectivity index (χ1v) is 6.27. The summed E-state index contributed by atoms with van der Waals surface area (Å²) in [6.07, 6.45) is 4.17. The molecular weight excluding hydrogens is 238 g/mol. The molecule has 4 N–H and O–H groups in total. The van der Waals surface area contributed by atoms with E-state index in [1.54, 1.807) is 0 Å². The van der Waals surface area contributed by atoms with Gasteiger partial charge in [-0.1, -0.05) is 32.0 Å². The maximum Gasteiger partial charge on any atom is 0.309 e. The summed E-state index contributed by atoms with van der Waals surface area (Å²) >= 11 is 4.61. The third-order valence-electron chi connectivity index (χ3n) is 2.90. The zero-order valence-electron chi connectivity index (χ0n) is 9.99. The molecule has 1 fully saturated rings. The highest BCUT2D eigenvalue weighted by Crippen LogP contribution is 2.23. The molecule has 2 amide bonds. The SMILES string of the molecule is CC1CCCC(NC(=O)C(=O)NCC(N)=S)C1. The van der Waals surface area contributed by atoms with Gasteiger partial charge in [-0.15, -0.1) is 0 Å². The van der Waals surface area contributed by atoms with E-state index in [1.165, 1.54) is 6.42 Å². The van der Waals surface area contributed by atoms with Crippen LogP contribution in [0.3, 0.4) is 0 Å². The van der Waals surface area contributed by atoms with Crippen molar-refractivity contribution in [2.24, 2.45) is 11.7 Å². The van der Waals surface area contributed by atoms with Gasteiger partial charge in [0, 0.05) is 6.04 Å². The molecule has 0 aromatic carbocycles. The summed E-state index contributed by atoms with van der Waals surface area (Å²) in [5.74, 6) is -0.662. The summed E-state index contributed by atoms with van der Waals surface area (Å²) in [6, 6.07) is 0.113. The summed E-state index contributed by atoms with van der Waals surface area (Å²) in [4.78, 5) is 23.1. The minimum Gasteiger partial charge on any atom is -0.392 e. The van der Waals surface area contributed by atoms with Crippen molar-refractivity contribution in [1.82, 2.24) is 10.6 Å². The molecule has 1 aliphatic carbocycles. The maximum atomic E-state index is 11.5. The predicted molar refractivity (Wildman–Crippen MR) is 69.4 cm³/mol. The number of carbonyl (C=O) groups excluding carboxylic acids is 2. The molecular formula is C11H19N3O2S. The second kappa shape index (κ2) is 6.54. The predicted octanol–water partition coefficient (Wildman–Crippen LogP) is 0.0836. The van der Waals surface area contributed by atoms with Crippen LogP contribution in [0.2, 0.25) is 0 Å². The average molecular weight is 257 g/mol. The van der Waals surface area contributed by atoms with Crippen LogP contribution in [0, 0.1) is 5.92 Å². The minimum absolute atomic E-state index is 0.0582. The van der Waals surface area contributed by atoms with Crippen molar-refractivity contribution in [2.75, 3.05) is 6.54 Å². The van der Waals surface area contributed by atoms with Gasteiger partial charge in [-0.2, -0.15) is 0 Å². The van der Waals surface area contributed by atoms with E-state index in [-0.39, 0.29) is 17.6 Å². The summed E-state index contributed by atoms with van der Waals surface area (Å²) in [6.45, 7) is 2.22. The van der Waals surface area contributed by atoms with Crippen LogP contribution in [0.1, 0.15) is 32.6 Å². The molecule has 0 bridgehead atoms. The highest BCUT2D eigenvalue weighted by Gasteiger charge is 2.23. The highest BCUT2D eigenvalue weighted by atomic mass is 32.1. The quantitative estimate of drug-likeness (QED) is 0.494. The van der Waals surface area contributed by atoms with E-state index < -0.39 is 11.8 Å². The second-order valence-electron chi connectivity index (χ2n) is 4.59. The largest absolute Gasteiger partial charge is 0.392 e. The van der Waals surface area contributed by atoms with Gasteiger partial charge in [-0.05, 0) is 18.8 Å². The first-order chi connectivity index (χ1) is 7.99. The molecule has 2 unspecified atom stereocenters. The monoisotopic (exact) mass is 257 g/mol. The molecule has 0 aliphatic heterocycles. The van der Waals surface area contributed by atoms with E-state index >= 15 is 0 Å². The van der Waals surface area contributed by atoms with E-state index in [0.29, 0.717) is 5.92 Å². The first kappa shape index (κ1) is 13.9. The Kier molecular flexibility index (Phi) is 5.34. The molecule has 6 heteroatoms. The minimum atomic E-state index is -0.670. The molecule has 96 valence electrons. The van der Waals surface area contributed by atoms with Crippen LogP contribution in [0.4, 0.5) is 0 Å². The van der Waals surface area contributed by atoms with Crippen LogP contribution < -0.4 is 16.4 Å². The van der Waals surface area contributed by atoms with Crippen molar-refractivity contribution in [1.29, 1.82) is 0 Å². The lowest BCUT2D eigenvalue weighted by molar-refractivity contribution is -0.139. The maximum absolute atomic E-state index is 11.5. The molecule has 0 aromatic heterocycles. The van der Waals surface area contributed by atoms with Crippen molar-refractivity contribution >= 4 is 29.0 Å². The van der Waals surface area contributed by atoms with Crippen molar-refractivity contribution in [3.63, 3.8) is 0 Å². The number of thiocarbonyl (C=S) groups is 1. The Hall–Kier alpha value is -1.17. The number of rotatable bonds is 3. The molecule has 1 aliphatic rings. The third-order valence-corrected chi connectivity index (χ3v) is 3.05. The Morgan fingerprint density at radius 1 is 1.35 bits per heavy atom. The topological polar surface area (TPSA) is 84.2 Å². The first-order valence-electron chi connectivity index (χ1n) is 5.86. The molecule has 0 aromatic rings. The summed E-state index contributed by atoms with van der Waals surface area (Å²) < 4.78 is 0. The second-order valence-corrected chi connectivity index (χ2v) is 5.12. The number of amides is 2. The fourth-order valence-corrected chi connectivity index (χ4v) is 2.14. The lowest BCUT2D eigenvalue weighted by Crippen LogP contribution is -2.47. The van der Waals surface area contributed by atoms with Crippen molar-refractivity contribution in [2.45, 2.75) is 38.6 Å². The molecule has 1 rings (SSSR count). The molecule has 0 saturated heterocycles. The summed E-state index contributed by atoms with van der Waals surface area (Å²) in [7, 11) is 0. The third kappa shape index (κ3) is 5.12. The summed E-state index contributed by atoms with van der Waals surface area (Å²) in [5.41, 5.74) is 5.23. The van der Waals surface area contributed by atoms with Gasteiger partial charge < -0.3 is 16.4 Å². The number of hydrogen-bond donors (Lipinski definition) is 3. The Labute approximate surface area is 107 Å². The van der Waals surface area contributed by atoms with E-state index in [4.69, 9.17) is 5.73 Å². The van der Waals surface area contributed by atoms with Gasteiger partial charge in [-0.25, -0.2) is 0 Å². The fourth-order valence-electron chi connectivity index (χ4n) is 2.06. The Morgan fingerprint density at radius 2 is 2.06 bits per heavy atom. The molecule has 2 atom stereocenters. The van der Waals surface area contributed by atoms with Crippen molar-refractivity contribution in [3.8, 4) is 0 Å². The van der Waals surface area contributed by atoms with Crippen LogP contribution in [0.15, 0.2) is 0 Å². The molecule has 0 spiro atoms. The number of hydrogen-bond acceptors (Lipinski definition) is 3. The van der Waals surface area contributed by atoms with Gasteiger partial charge in [0.05, 0.1) is 11.5 Å². The van der Waals surface area contributed by atoms with Crippen LogP contribution in [-0.4, -0.2) is 29.4 Å². The van der Waals surface area contributed by atoms with Crippen LogP contribution >= 0.6 is 12.2 Å². The molecule has 1 saturated carbocycles. The van der Waals surface area contributed by atoms with Crippen LogP contribution in [0.5, 0.6) is 0 Å². The van der Waals surface area contributed by atoms with E-state index in [1.807, 2.05) is 0 Å². The smallest absolute Gasteiger partial charge is 0.309 e. The van der Waals surface area contributed by atoms with E-state index in [9.17, 15) is 9.59 Å². The van der Waals surface area contributed by atoms with Gasteiger partial charge in [0.1, 0.15) is 0 Å². The fraction of sp³-hybridized carbons (Fsp3) is 0.727. The number of nitrogens with one attached hydrogen (secondary N) is 2. The number of nitrogens with two attached hydrogens (primary N) is 1. The van der Waals surface area contributed by atoms with Gasteiger partial charge >= 0.3 is 11.8 Å². The summed E-state index contributed by atoms with van der Waals surface area (Å²) in [5, 5.41) is 5.10. The van der Waals surface area contributed by atoms with Gasteiger partial charge in [-0.3, -0.25) is 9.59 Å². The Balaban J connectivity index is 2.32. The highest BCUT2D eigenvalue weighted by molar-refractivity contribution is 7.80. The average Bonchev–Trinajstić information content (AvgIpc) is 2.25. The zero-order chi connectivity index (χ0) is 12.8. The van der Waals surface area contributed by atoms with Gasteiger partial charge in [0.25, 0.3) is 0 Å². The van der Waals surface area contributed by atoms with Crippen molar-refractivity contribution < 1.29 is 9.59 Å². The van der Waals surface area contributed by atoms with E-state index in [0.717, 1.165) is 19.3 Å². The molecule has 5 nitrogen and oxygen atoms in total. The Bertz CT molecular complexity index is 320. The van der Waals surface area contributed by atoms with Gasteiger partial charge in [0.15, 0.2) is 0 Å². The molecule has 17 heavy (non-hydrogen) atoms. The van der Waals surface area contributed by atoms with Gasteiger partial charge in [0.2, 0.25) is 0 Å². The lowest BCUT2D eigenvalue weighted by Gasteiger charge is -2.27. The molecule has 0 radical (unpaired) electrons. The lowest BCUT2D eigenvalue weighted by atomic mass is 9.87.